The van der Waals surface area contributed by atoms with E-state index >= 15 is 0 Å². The number of pyridine rings is 1. The van der Waals surface area contributed by atoms with Gasteiger partial charge in [-0.2, -0.15) is 5.10 Å². The molecule has 96 valence electrons. The number of anilines is 1. The van der Waals surface area contributed by atoms with Crippen LogP contribution in [0.1, 0.15) is 5.56 Å². The van der Waals surface area contributed by atoms with E-state index in [4.69, 9.17) is 0 Å². The van der Waals surface area contributed by atoms with E-state index in [0.717, 1.165) is 16.7 Å². The molecule has 0 spiro atoms. The fourth-order valence-corrected chi connectivity index (χ4v) is 2.02. The second kappa shape index (κ2) is 4.61. The summed E-state index contributed by atoms with van der Waals surface area (Å²) >= 11 is 0. The first-order chi connectivity index (χ1) is 9.22. The molecule has 5 nitrogen and oxygen atoms in total. The number of rotatable bonds is 3. The van der Waals surface area contributed by atoms with E-state index in [9.17, 15) is 4.79 Å². The van der Waals surface area contributed by atoms with Gasteiger partial charge < -0.3 is 10.3 Å². The minimum Gasteiger partial charge on any atom is -0.364 e. The summed E-state index contributed by atoms with van der Waals surface area (Å²) in [6.07, 6.45) is 1.85. The van der Waals surface area contributed by atoms with Crippen molar-refractivity contribution in [1.29, 1.82) is 0 Å². The summed E-state index contributed by atoms with van der Waals surface area (Å²) in [7, 11) is 1.86. The predicted molar refractivity (Wildman–Crippen MR) is 75.1 cm³/mol. The van der Waals surface area contributed by atoms with E-state index in [0.29, 0.717) is 12.1 Å². The second-order valence-electron chi connectivity index (χ2n) is 4.44. The van der Waals surface area contributed by atoms with Crippen LogP contribution in [0, 0.1) is 0 Å². The van der Waals surface area contributed by atoms with Crippen molar-refractivity contribution in [1.82, 2.24) is 14.8 Å². The van der Waals surface area contributed by atoms with Gasteiger partial charge in [-0.15, -0.1) is 0 Å². The molecular weight excluding hydrogens is 240 g/mol. The first kappa shape index (κ1) is 11.5. The number of nitrogens with one attached hydrogen (secondary N) is 2. The summed E-state index contributed by atoms with van der Waals surface area (Å²) < 4.78 is 1.72. The topological polar surface area (TPSA) is 62.7 Å². The van der Waals surface area contributed by atoms with Gasteiger partial charge in [0.1, 0.15) is 5.82 Å². The normalized spacial score (nSPS) is 10.8. The zero-order valence-corrected chi connectivity index (χ0v) is 10.6. The van der Waals surface area contributed by atoms with Crippen LogP contribution in [-0.2, 0) is 13.6 Å². The SMILES string of the molecule is Cn1ccc(NCc2cc3ccccc3[nH]c2=O)n1. The average Bonchev–Trinajstić information content (AvgIpc) is 2.82. The molecule has 3 aromatic rings. The van der Waals surface area contributed by atoms with Gasteiger partial charge in [0, 0.05) is 36.9 Å². The number of hydrogen-bond acceptors (Lipinski definition) is 3. The highest BCUT2D eigenvalue weighted by Gasteiger charge is 2.03. The Kier molecular flexibility index (Phi) is 2.79. The van der Waals surface area contributed by atoms with Crippen LogP contribution in [0.5, 0.6) is 0 Å². The van der Waals surface area contributed by atoms with E-state index in [2.05, 4.69) is 15.4 Å². The summed E-state index contributed by atoms with van der Waals surface area (Å²) in [6, 6.07) is 11.5. The van der Waals surface area contributed by atoms with Crippen molar-refractivity contribution in [2.24, 2.45) is 7.05 Å². The molecule has 0 bridgehead atoms. The monoisotopic (exact) mass is 254 g/mol. The summed E-state index contributed by atoms with van der Waals surface area (Å²) in [5.74, 6) is 0.759. The third-order valence-corrected chi connectivity index (χ3v) is 3.00. The Morgan fingerprint density at radius 2 is 2.16 bits per heavy atom. The Morgan fingerprint density at radius 1 is 1.32 bits per heavy atom. The number of nitrogens with zero attached hydrogens (tertiary/aromatic N) is 2. The Morgan fingerprint density at radius 3 is 2.95 bits per heavy atom. The molecule has 2 heterocycles. The minimum absolute atomic E-state index is 0.0675. The van der Waals surface area contributed by atoms with Crippen LogP contribution in [0.25, 0.3) is 10.9 Å². The van der Waals surface area contributed by atoms with Gasteiger partial charge in [-0.1, -0.05) is 18.2 Å². The molecule has 0 saturated heterocycles. The number of aromatic nitrogens is 3. The highest BCUT2D eigenvalue weighted by atomic mass is 16.1. The maximum Gasteiger partial charge on any atom is 0.253 e. The van der Waals surface area contributed by atoms with Gasteiger partial charge in [0.05, 0.1) is 0 Å². The average molecular weight is 254 g/mol. The van der Waals surface area contributed by atoms with Crippen molar-refractivity contribution in [2.75, 3.05) is 5.32 Å². The molecule has 2 aromatic heterocycles. The molecular formula is C14H14N4O. The van der Waals surface area contributed by atoms with E-state index in [1.807, 2.05) is 49.6 Å². The van der Waals surface area contributed by atoms with Crippen LogP contribution in [0.2, 0.25) is 0 Å². The summed E-state index contributed by atoms with van der Waals surface area (Å²) in [4.78, 5) is 14.8. The largest absolute Gasteiger partial charge is 0.364 e. The summed E-state index contributed by atoms with van der Waals surface area (Å²) in [5, 5.41) is 8.37. The molecule has 0 fully saturated rings. The van der Waals surface area contributed by atoms with Gasteiger partial charge in [-0.3, -0.25) is 9.48 Å². The molecule has 0 unspecified atom stereocenters. The zero-order chi connectivity index (χ0) is 13.2. The standard InChI is InChI=1S/C14H14N4O/c1-18-7-6-13(17-18)15-9-11-8-10-4-2-3-5-12(10)16-14(11)19/h2-8H,9H2,1H3,(H,15,17)(H,16,19). The predicted octanol–water partition coefficient (Wildman–Crippen LogP) is 1.87. The van der Waals surface area contributed by atoms with Crippen molar-refractivity contribution < 1.29 is 0 Å². The molecule has 0 amide bonds. The van der Waals surface area contributed by atoms with Gasteiger partial charge in [0.15, 0.2) is 0 Å². The molecule has 0 aliphatic carbocycles. The molecule has 0 radical (unpaired) electrons. The number of benzene rings is 1. The molecule has 0 aliphatic heterocycles. The molecule has 5 heteroatoms. The maximum absolute atomic E-state index is 11.9. The number of fused-ring (bicyclic) bond motifs is 1. The van der Waals surface area contributed by atoms with Crippen LogP contribution >= 0.6 is 0 Å². The van der Waals surface area contributed by atoms with Crippen LogP contribution in [0.3, 0.4) is 0 Å². The number of H-pyrrole nitrogens is 1. The number of aryl methyl sites for hydroxylation is 1. The summed E-state index contributed by atoms with van der Waals surface area (Å²) in [5.41, 5.74) is 1.49. The van der Waals surface area contributed by atoms with E-state index in [-0.39, 0.29) is 5.56 Å². The zero-order valence-electron chi connectivity index (χ0n) is 10.6. The Bertz CT molecular complexity index is 772. The van der Waals surface area contributed by atoms with Gasteiger partial charge in [-0.05, 0) is 17.5 Å². The van der Waals surface area contributed by atoms with Crippen molar-refractivity contribution in [2.45, 2.75) is 6.54 Å². The fraction of sp³-hybridized carbons (Fsp3) is 0.143. The highest BCUT2D eigenvalue weighted by molar-refractivity contribution is 5.78. The van der Waals surface area contributed by atoms with Gasteiger partial charge in [-0.25, -0.2) is 0 Å². The lowest BCUT2D eigenvalue weighted by molar-refractivity contribution is 0.768. The Labute approximate surface area is 109 Å². The third kappa shape index (κ3) is 2.35. The quantitative estimate of drug-likeness (QED) is 0.750. The number of para-hydroxylation sites is 1. The molecule has 2 N–H and O–H groups in total. The molecule has 1 aromatic carbocycles. The van der Waals surface area contributed by atoms with E-state index in [1.165, 1.54) is 0 Å². The van der Waals surface area contributed by atoms with Gasteiger partial charge in [0.25, 0.3) is 5.56 Å². The van der Waals surface area contributed by atoms with Crippen LogP contribution in [0.15, 0.2) is 47.4 Å². The lowest BCUT2D eigenvalue weighted by atomic mass is 10.1. The number of hydrogen-bond donors (Lipinski definition) is 2. The lowest BCUT2D eigenvalue weighted by Crippen LogP contribution is -2.15. The van der Waals surface area contributed by atoms with Gasteiger partial charge >= 0.3 is 0 Å². The first-order valence-electron chi connectivity index (χ1n) is 6.07. The van der Waals surface area contributed by atoms with E-state index < -0.39 is 0 Å². The van der Waals surface area contributed by atoms with Crippen molar-refractivity contribution in [3.05, 3.63) is 58.5 Å². The maximum atomic E-state index is 11.9. The lowest BCUT2D eigenvalue weighted by Gasteiger charge is -2.04. The number of aromatic amines is 1. The van der Waals surface area contributed by atoms with Crippen LogP contribution < -0.4 is 10.9 Å². The third-order valence-electron chi connectivity index (χ3n) is 3.00. The molecule has 19 heavy (non-hydrogen) atoms. The first-order valence-corrected chi connectivity index (χ1v) is 6.07. The Balaban J connectivity index is 1.88. The molecule has 0 saturated carbocycles. The summed E-state index contributed by atoms with van der Waals surface area (Å²) in [6.45, 7) is 0.456. The van der Waals surface area contributed by atoms with E-state index in [1.54, 1.807) is 4.68 Å². The molecule has 0 aliphatic rings. The van der Waals surface area contributed by atoms with Crippen molar-refractivity contribution >= 4 is 16.7 Å². The smallest absolute Gasteiger partial charge is 0.253 e. The van der Waals surface area contributed by atoms with Crippen LogP contribution in [-0.4, -0.2) is 14.8 Å². The second-order valence-corrected chi connectivity index (χ2v) is 4.44. The Hall–Kier alpha value is -2.56. The van der Waals surface area contributed by atoms with Crippen molar-refractivity contribution in [3.63, 3.8) is 0 Å². The van der Waals surface area contributed by atoms with Crippen LogP contribution in [0.4, 0.5) is 5.82 Å². The fourth-order valence-electron chi connectivity index (χ4n) is 2.02. The minimum atomic E-state index is -0.0675. The molecule has 0 atom stereocenters. The van der Waals surface area contributed by atoms with Crippen molar-refractivity contribution in [3.8, 4) is 0 Å². The molecule has 3 rings (SSSR count). The highest BCUT2D eigenvalue weighted by Crippen LogP contribution is 2.11. The van der Waals surface area contributed by atoms with Gasteiger partial charge in [0.2, 0.25) is 0 Å².